The van der Waals surface area contributed by atoms with E-state index in [1.54, 1.807) is 0 Å². The topological polar surface area (TPSA) is 29.5 Å². The van der Waals surface area contributed by atoms with Gasteiger partial charge in [-0.3, -0.25) is 0 Å². The zero-order valence-corrected chi connectivity index (χ0v) is 9.41. The van der Waals surface area contributed by atoms with Crippen LogP contribution in [0.15, 0.2) is 42.5 Å². The van der Waals surface area contributed by atoms with Crippen LogP contribution in [-0.4, -0.2) is 11.5 Å². The van der Waals surface area contributed by atoms with Gasteiger partial charge in [0.1, 0.15) is 17.3 Å². The largest absolute Gasteiger partial charge is 0.573 e. The average Bonchev–Trinajstić information content (AvgIpc) is 2.31. The smallest absolute Gasteiger partial charge is 0.507 e. The fourth-order valence-electron chi connectivity index (χ4n) is 1.63. The summed E-state index contributed by atoms with van der Waals surface area (Å²) in [7, 11) is 0. The molecule has 0 radical (unpaired) electrons. The molecule has 0 atom stereocenters. The lowest BCUT2D eigenvalue weighted by Crippen LogP contribution is -2.17. The second kappa shape index (κ2) is 4.79. The molecule has 0 saturated heterocycles. The lowest BCUT2D eigenvalue weighted by molar-refractivity contribution is -0.274. The Kier molecular flexibility index (Phi) is 3.33. The Hall–Kier alpha value is -2.24. The van der Waals surface area contributed by atoms with Crippen LogP contribution in [0.3, 0.4) is 0 Å². The Morgan fingerprint density at radius 1 is 0.947 bits per heavy atom. The van der Waals surface area contributed by atoms with E-state index in [1.165, 1.54) is 18.2 Å². The molecule has 0 aromatic heterocycles. The highest BCUT2D eigenvalue weighted by atomic mass is 19.4. The molecule has 2 aromatic rings. The molecule has 0 bridgehead atoms. The molecule has 2 rings (SSSR count). The monoisotopic (exact) mass is 272 g/mol. The molecule has 0 amide bonds. The third-order valence-corrected chi connectivity index (χ3v) is 2.36. The molecule has 0 aliphatic carbocycles. The highest BCUT2D eigenvalue weighted by molar-refractivity contribution is 5.75. The van der Waals surface area contributed by atoms with Gasteiger partial charge in [0.15, 0.2) is 0 Å². The van der Waals surface area contributed by atoms with Crippen LogP contribution in [0.1, 0.15) is 0 Å². The fraction of sp³-hybridized carbons (Fsp3) is 0.0769. The van der Waals surface area contributed by atoms with Crippen LogP contribution >= 0.6 is 0 Å². The van der Waals surface area contributed by atoms with Crippen molar-refractivity contribution < 1.29 is 27.4 Å². The minimum atomic E-state index is -4.86. The number of halogens is 4. The summed E-state index contributed by atoms with van der Waals surface area (Å²) in [6.07, 6.45) is -4.86. The van der Waals surface area contributed by atoms with Gasteiger partial charge in [-0.15, -0.1) is 13.2 Å². The Balaban J connectivity index is 2.53. The molecule has 0 aliphatic heterocycles. The molecule has 19 heavy (non-hydrogen) atoms. The first-order valence-corrected chi connectivity index (χ1v) is 5.20. The van der Waals surface area contributed by atoms with Crippen LogP contribution < -0.4 is 4.74 Å². The van der Waals surface area contributed by atoms with Gasteiger partial charge in [0, 0.05) is 11.1 Å². The van der Waals surface area contributed by atoms with E-state index >= 15 is 0 Å². The highest BCUT2D eigenvalue weighted by Gasteiger charge is 2.32. The van der Waals surface area contributed by atoms with Crippen LogP contribution in [0, 0.1) is 5.82 Å². The number of phenols is 1. The van der Waals surface area contributed by atoms with Crippen molar-refractivity contribution in [2.75, 3.05) is 0 Å². The first kappa shape index (κ1) is 13.2. The average molecular weight is 272 g/mol. The van der Waals surface area contributed by atoms with Crippen molar-refractivity contribution in [3.63, 3.8) is 0 Å². The summed E-state index contributed by atoms with van der Waals surface area (Å²) >= 11 is 0. The molecule has 1 N–H and O–H groups in total. The lowest BCUT2D eigenvalue weighted by Gasteiger charge is -2.14. The van der Waals surface area contributed by atoms with Crippen molar-refractivity contribution >= 4 is 0 Å². The lowest BCUT2D eigenvalue weighted by atomic mass is 10.0. The van der Waals surface area contributed by atoms with Crippen LogP contribution in [0.4, 0.5) is 17.6 Å². The van der Waals surface area contributed by atoms with Gasteiger partial charge in [-0.25, -0.2) is 4.39 Å². The van der Waals surface area contributed by atoms with Crippen molar-refractivity contribution in [3.05, 3.63) is 48.3 Å². The Morgan fingerprint density at radius 2 is 1.63 bits per heavy atom. The fourth-order valence-corrected chi connectivity index (χ4v) is 1.63. The van der Waals surface area contributed by atoms with Crippen molar-refractivity contribution in [2.24, 2.45) is 0 Å². The molecule has 100 valence electrons. The van der Waals surface area contributed by atoms with Crippen molar-refractivity contribution in [3.8, 4) is 22.6 Å². The molecular formula is C13H8F4O2. The predicted octanol–water partition coefficient (Wildman–Crippen LogP) is 4.10. The van der Waals surface area contributed by atoms with Crippen LogP contribution in [0.2, 0.25) is 0 Å². The van der Waals surface area contributed by atoms with Gasteiger partial charge >= 0.3 is 6.36 Å². The first-order valence-electron chi connectivity index (χ1n) is 5.20. The SMILES string of the molecule is Oc1ccc(F)cc1-c1ccccc1OC(F)(F)F. The molecule has 0 aliphatic rings. The number of ether oxygens (including phenoxy) is 1. The maximum atomic E-state index is 13.1. The van der Waals surface area contributed by atoms with Crippen molar-refractivity contribution in [2.45, 2.75) is 6.36 Å². The van der Waals surface area contributed by atoms with Crippen molar-refractivity contribution in [1.29, 1.82) is 0 Å². The van der Waals surface area contributed by atoms with Crippen LogP contribution in [0.5, 0.6) is 11.5 Å². The van der Waals surface area contributed by atoms with Gasteiger partial charge in [0.25, 0.3) is 0 Å². The maximum absolute atomic E-state index is 13.1. The number of hydrogen-bond donors (Lipinski definition) is 1. The Bertz CT molecular complexity index is 593. The summed E-state index contributed by atoms with van der Waals surface area (Å²) in [5.74, 6) is -1.51. The normalized spacial score (nSPS) is 11.4. The van der Waals surface area contributed by atoms with E-state index in [2.05, 4.69) is 4.74 Å². The highest BCUT2D eigenvalue weighted by Crippen LogP contribution is 2.38. The summed E-state index contributed by atoms with van der Waals surface area (Å²) in [6.45, 7) is 0. The standard InChI is InChI=1S/C13H8F4O2/c14-8-5-6-11(18)10(7-8)9-3-1-2-4-12(9)19-13(15,16)17/h1-7,18H. The number of phenolic OH excluding ortho intramolecular Hbond substituents is 1. The Morgan fingerprint density at radius 3 is 2.32 bits per heavy atom. The van der Waals surface area contributed by atoms with Gasteiger partial charge < -0.3 is 9.84 Å². The summed E-state index contributed by atoms with van der Waals surface area (Å²) < 4.78 is 53.8. The van der Waals surface area contributed by atoms with E-state index in [9.17, 15) is 22.7 Å². The van der Waals surface area contributed by atoms with Gasteiger partial charge in [-0.2, -0.15) is 0 Å². The summed E-state index contributed by atoms with van der Waals surface area (Å²) in [4.78, 5) is 0. The third-order valence-electron chi connectivity index (χ3n) is 2.36. The molecule has 0 unspecified atom stereocenters. The van der Waals surface area contributed by atoms with E-state index in [0.717, 1.165) is 24.3 Å². The number of benzene rings is 2. The Labute approximate surface area is 105 Å². The molecule has 0 heterocycles. The first-order chi connectivity index (χ1) is 8.87. The van der Waals surface area contributed by atoms with Crippen LogP contribution in [0.25, 0.3) is 11.1 Å². The van der Waals surface area contributed by atoms with E-state index in [1.807, 2.05) is 0 Å². The molecule has 2 nitrogen and oxygen atoms in total. The molecule has 0 saturated carbocycles. The molecular weight excluding hydrogens is 264 g/mol. The molecule has 0 fully saturated rings. The molecule has 2 aromatic carbocycles. The van der Waals surface area contributed by atoms with E-state index in [4.69, 9.17) is 0 Å². The molecule has 6 heteroatoms. The third kappa shape index (κ3) is 3.15. The summed E-state index contributed by atoms with van der Waals surface area (Å²) in [6, 6.07) is 8.21. The van der Waals surface area contributed by atoms with E-state index in [0.29, 0.717) is 0 Å². The molecule has 0 spiro atoms. The van der Waals surface area contributed by atoms with Crippen LogP contribution in [-0.2, 0) is 0 Å². The number of hydrogen-bond acceptors (Lipinski definition) is 2. The zero-order valence-electron chi connectivity index (χ0n) is 9.41. The second-order valence-corrected chi connectivity index (χ2v) is 3.71. The minimum Gasteiger partial charge on any atom is -0.507 e. The predicted molar refractivity (Wildman–Crippen MR) is 60.2 cm³/mol. The van der Waals surface area contributed by atoms with Gasteiger partial charge in [-0.05, 0) is 24.3 Å². The minimum absolute atomic E-state index is 0.0446. The number of aromatic hydroxyl groups is 1. The summed E-state index contributed by atoms with van der Waals surface area (Å²) in [5, 5.41) is 9.61. The van der Waals surface area contributed by atoms with Gasteiger partial charge in [0.05, 0.1) is 0 Å². The van der Waals surface area contributed by atoms with Gasteiger partial charge in [-0.1, -0.05) is 18.2 Å². The maximum Gasteiger partial charge on any atom is 0.573 e. The second-order valence-electron chi connectivity index (χ2n) is 3.71. The van der Waals surface area contributed by atoms with Gasteiger partial charge in [0.2, 0.25) is 0 Å². The van der Waals surface area contributed by atoms with E-state index in [-0.39, 0.29) is 16.9 Å². The number of alkyl halides is 3. The zero-order chi connectivity index (χ0) is 14.0. The summed E-state index contributed by atoms with van der Waals surface area (Å²) in [5.41, 5.74) is -0.114. The quantitative estimate of drug-likeness (QED) is 0.834. The number of para-hydroxylation sites is 1. The van der Waals surface area contributed by atoms with E-state index < -0.39 is 17.9 Å². The van der Waals surface area contributed by atoms with Crippen molar-refractivity contribution in [1.82, 2.24) is 0 Å². The number of rotatable bonds is 2.